The van der Waals surface area contributed by atoms with Crippen molar-refractivity contribution in [2.75, 3.05) is 18.5 Å². The Morgan fingerprint density at radius 1 is 1.33 bits per heavy atom. The van der Waals surface area contributed by atoms with Crippen LogP contribution in [0.3, 0.4) is 0 Å². The van der Waals surface area contributed by atoms with Gasteiger partial charge in [0.05, 0.1) is 10.6 Å². The van der Waals surface area contributed by atoms with Crippen molar-refractivity contribution in [2.45, 2.75) is 39.5 Å². The smallest absolute Gasteiger partial charge is 0.270 e. The second-order valence-corrected chi connectivity index (χ2v) is 7.45. The molecule has 134 valence electrons. The second-order valence-electron chi connectivity index (χ2n) is 5.55. The standard InChI is InChI=1S/C15H24N4O4S/c1-6-18(7-2)24(22,23)15-10-13(19(20)21)8-9-14(15)17-16-12(5)11(3)4/h8-11,17H,6-7H2,1-5H3/b16-12+. The first kappa shape index (κ1) is 20.0. The number of rotatable bonds is 8. The number of non-ortho nitro benzene ring substituents is 1. The highest BCUT2D eigenvalue weighted by Crippen LogP contribution is 2.29. The highest BCUT2D eigenvalue weighted by atomic mass is 32.2. The SMILES string of the molecule is CCN(CC)S(=O)(=O)c1cc([N+](=O)[O-])ccc1N/N=C(\C)C(C)C. The van der Waals surface area contributed by atoms with Crippen molar-refractivity contribution >= 4 is 27.1 Å². The van der Waals surface area contributed by atoms with Crippen LogP contribution in [0.15, 0.2) is 28.2 Å². The highest BCUT2D eigenvalue weighted by Gasteiger charge is 2.27. The average molecular weight is 356 g/mol. The Morgan fingerprint density at radius 2 is 1.92 bits per heavy atom. The van der Waals surface area contributed by atoms with Crippen LogP contribution in [0.1, 0.15) is 34.6 Å². The molecule has 0 saturated carbocycles. The van der Waals surface area contributed by atoms with Gasteiger partial charge in [0, 0.05) is 30.9 Å². The van der Waals surface area contributed by atoms with Crippen molar-refractivity contribution < 1.29 is 13.3 Å². The molecule has 24 heavy (non-hydrogen) atoms. The molecule has 0 atom stereocenters. The van der Waals surface area contributed by atoms with E-state index in [9.17, 15) is 18.5 Å². The zero-order valence-electron chi connectivity index (χ0n) is 14.6. The third-order valence-electron chi connectivity index (χ3n) is 3.69. The van der Waals surface area contributed by atoms with Crippen LogP contribution in [0, 0.1) is 16.0 Å². The normalized spacial score (nSPS) is 12.7. The number of nitrogens with zero attached hydrogens (tertiary/aromatic N) is 3. The number of nitro benzene ring substituents is 1. The van der Waals surface area contributed by atoms with Crippen LogP contribution in [0.5, 0.6) is 0 Å². The van der Waals surface area contributed by atoms with Crippen molar-refractivity contribution in [1.29, 1.82) is 0 Å². The fourth-order valence-electron chi connectivity index (χ4n) is 1.91. The van der Waals surface area contributed by atoms with E-state index in [0.717, 1.165) is 11.8 Å². The van der Waals surface area contributed by atoms with Gasteiger partial charge in [0.1, 0.15) is 4.90 Å². The number of hydrogen-bond acceptors (Lipinski definition) is 6. The fraction of sp³-hybridized carbons (Fsp3) is 0.533. The lowest BCUT2D eigenvalue weighted by Crippen LogP contribution is -2.31. The maximum atomic E-state index is 12.8. The Hall–Kier alpha value is -2.00. The van der Waals surface area contributed by atoms with Gasteiger partial charge in [0.15, 0.2) is 0 Å². The summed E-state index contributed by atoms with van der Waals surface area (Å²) in [6.45, 7) is 9.72. The fourth-order valence-corrected chi connectivity index (χ4v) is 3.53. The summed E-state index contributed by atoms with van der Waals surface area (Å²) in [5.74, 6) is 0.193. The minimum atomic E-state index is -3.86. The van der Waals surface area contributed by atoms with E-state index in [1.165, 1.54) is 16.4 Å². The highest BCUT2D eigenvalue weighted by molar-refractivity contribution is 7.89. The molecule has 1 rings (SSSR count). The molecule has 0 radical (unpaired) electrons. The van der Waals surface area contributed by atoms with Crippen molar-refractivity contribution in [1.82, 2.24) is 4.31 Å². The number of hydrogen-bond donors (Lipinski definition) is 1. The molecule has 0 aliphatic carbocycles. The average Bonchev–Trinajstić information content (AvgIpc) is 2.52. The zero-order valence-corrected chi connectivity index (χ0v) is 15.4. The topological polar surface area (TPSA) is 105 Å². The summed E-state index contributed by atoms with van der Waals surface area (Å²) in [5, 5.41) is 15.2. The molecule has 8 nitrogen and oxygen atoms in total. The summed E-state index contributed by atoms with van der Waals surface area (Å²) in [6.07, 6.45) is 0. The Balaban J connectivity index is 3.45. The van der Waals surface area contributed by atoms with Gasteiger partial charge >= 0.3 is 0 Å². The number of anilines is 1. The van der Waals surface area contributed by atoms with Gasteiger partial charge in [0.25, 0.3) is 5.69 Å². The van der Waals surface area contributed by atoms with E-state index in [-0.39, 0.29) is 35.3 Å². The monoisotopic (exact) mass is 356 g/mol. The first-order valence-electron chi connectivity index (χ1n) is 7.73. The molecule has 0 aliphatic rings. The van der Waals surface area contributed by atoms with E-state index < -0.39 is 14.9 Å². The molecule has 0 aromatic heterocycles. The van der Waals surface area contributed by atoms with Gasteiger partial charge in [-0.05, 0) is 18.9 Å². The number of sulfonamides is 1. The minimum Gasteiger partial charge on any atom is -0.277 e. The quantitative estimate of drug-likeness (QED) is 0.438. The van der Waals surface area contributed by atoms with E-state index in [2.05, 4.69) is 10.5 Å². The molecule has 0 fully saturated rings. The molecular formula is C15H24N4O4S. The number of benzene rings is 1. The molecule has 0 bridgehead atoms. The summed E-state index contributed by atoms with van der Waals surface area (Å²) >= 11 is 0. The lowest BCUT2D eigenvalue weighted by Gasteiger charge is -2.20. The predicted molar refractivity (Wildman–Crippen MR) is 94.8 cm³/mol. The van der Waals surface area contributed by atoms with Crippen LogP contribution in [0.4, 0.5) is 11.4 Å². The van der Waals surface area contributed by atoms with E-state index in [0.29, 0.717) is 0 Å². The third-order valence-corrected chi connectivity index (χ3v) is 5.78. The Bertz CT molecular complexity index is 725. The number of nitro groups is 1. The lowest BCUT2D eigenvalue weighted by molar-refractivity contribution is -0.385. The minimum absolute atomic E-state index is 0.152. The number of nitrogens with one attached hydrogen (secondary N) is 1. The molecule has 0 heterocycles. The maximum absolute atomic E-state index is 12.8. The Labute approximate surface area is 142 Å². The van der Waals surface area contributed by atoms with Crippen LogP contribution in [-0.2, 0) is 10.0 Å². The van der Waals surface area contributed by atoms with Gasteiger partial charge < -0.3 is 0 Å². The lowest BCUT2D eigenvalue weighted by atomic mass is 10.1. The number of hydrazone groups is 1. The molecule has 1 N–H and O–H groups in total. The van der Waals surface area contributed by atoms with Gasteiger partial charge in [-0.3, -0.25) is 15.5 Å². The summed E-state index contributed by atoms with van der Waals surface area (Å²) in [4.78, 5) is 10.2. The van der Waals surface area contributed by atoms with Crippen molar-refractivity contribution in [3.05, 3.63) is 28.3 Å². The van der Waals surface area contributed by atoms with Crippen LogP contribution in [0.2, 0.25) is 0 Å². The Morgan fingerprint density at radius 3 is 2.38 bits per heavy atom. The van der Waals surface area contributed by atoms with Crippen LogP contribution in [0.25, 0.3) is 0 Å². The molecule has 0 saturated heterocycles. The molecule has 0 unspecified atom stereocenters. The van der Waals surface area contributed by atoms with Gasteiger partial charge in [0.2, 0.25) is 10.0 Å². The molecule has 9 heteroatoms. The van der Waals surface area contributed by atoms with Gasteiger partial charge in [-0.15, -0.1) is 0 Å². The molecule has 1 aromatic rings. The largest absolute Gasteiger partial charge is 0.277 e. The van der Waals surface area contributed by atoms with E-state index >= 15 is 0 Å². The molecule has 1 aromatic carbocycles. The van der Waals surface area contributed by atoms with Crippen molar-refractivity contribution in [2.24, 2.45) is 11.0 Å². The maximum Gasteiger partial charge on any atom is 0.270 e. The van der Waals surface area contributed by atoms with Crippen LogP contribution in [-0.4, -0.2) is 36.4 Å². The van der Waals surface area contributed by atoms with Gasteiger partial charge in [-0.1, -0.05) is 27.7 Å². The second kappa shape index (κ2) is 8.20. The summed E-state index contributed by atoms with van der Waals surface area (Å²) in [6, 6.07) is 3.69. The Kier molecular flexibility index (Phi) is 6.85. The van der Waals surface area contributed by atoms with Crippen molar-refractivity contribution in [3.8, 4) is 0 Å². The predicted octanol–water partition coefficient (Wildman–Crippen LogP) is 3.07. The third kappa shape index (κ3) is 4.51. The summed E-state index contributed by atoms with van der Waals surface area (Å²) < 4.78 is 26.8. The van der Waals surface area contributed by atoms with Crippen LogP contribution >= 0.6 is 0 Å². The van der Waals surface area contributed by atoms with Gasteiger partial charge in [-0.2, -0.15) is 9.41 Å². The van der Waals surface area contributed by atoms with E-state index in [1.54, 1.807) is 13.8 Å². The summed E-state index contributed by atoms with van der Waals surface area (Å²) in [7, 11) is -3.86. The first-order valence-corrected chi connectivity index (χ1v) is 9.17. The zero-order chi connectivity index (χ0) is 18.5. The summed E-state index contributed by atoms with van der Waals surface area (Å²) in [5.41, 5.74) is 3.45. The molecular weight excluding hydrogens is 332 g/mol. The molecule has 0 amide bonds. The van der Waals surface area contributed by atoms with Crippen molar-refractivity contribution in [3.63, 3.8) is 0 Å². The molecule has 0 spiro atoms. The van der Waals surface area contributed by atoms with E-state index in [1.807, 2.05) is 20.8 Å². The van der Waals surface area contributed by atoms with Gasteiger partial charge in [-0.25, -0.2) is 8.42 Å². The van der Waals surface area contributed by atoms with Crippen LogP contribution < -0.4 is 5.43 Å². The molecule has 0 aliphatic heterocycles. The first-order chi connectivity index (χ1) is 11.1. The van der Waals surface area contributed by atoms with E-state index in [4.69, 9.17) is 0 Å².